The highest BCUT2D eigenvalue weighted by atomic mass is 19.1. The summed E-state index contributed by atoms with van der Waals surface area (Å²) in [7, 11) is 0. The van der Waals surface area contributed by atoms with Crippen molar-refractivity contribution in [3.63, 3.8) is 0 Å². The summed E-state index contributed by atoms with van der Waals surface area (Å²) in [4.78, 5) is 2.56. The number of likely N-dealkylation sites (tertiary alicyclic amines) is 1. The lowest BCUT2D eigenvalue weighted by Crippen LogP contribution is -2.46. The van der Waals surface area contributed by atoms with Crippen molar-refractivity contribution in [3.8, 4) is 0 Å². The van der Waals surface area contributed by atoms with Crippen molar-refractivity contribution in [1.29, 1.82) is 0 Å². The van der Waals surface area contributed by atoms with Crippen LogP contribution in [0.4, 0.5) is 4.39 Å². The van der Waals surface area contributed by atoms with Crippen LogP contribution in [0, 0.1) is 11.7 Å². The Labute approximate surface area is 149 Å². The first-order chi connectivity index (χ1) is 12.3. The molecule has 2 fully saturated rings. The van der Waals surface area contributed by atoms with Crippen molar-refractivity contribution in [2.75, 3.05) is 19.6 Å². The molecule has 2 saturated heterocycles. The summed E-state index contributed by atoms with van der Waals surface area (Å²) in [5.74, 6) is 0.774. The minimum atomic E-state index is -0.141. The van der Waals surface area contributed by atoms with Crippen molar-refractivity contribution >= 4 is 0 Å². The zero-order valence-corrected chi connectivity index (χ0v) is 14.5. The van der Waals surface area contributed by atoms with Crippen molar-refractivity contribution in [3.05, 3.63) is 71.5 Å². The van der Waals surface area contributed by atoms with E-state index in [4.69, 9.17) is 0 Å². The van der Waals surface area contributed by atoms with Gasteiger partial charge in [-0.05, 0) is 48.6 Å². The molecule has 2 heterocycles. The lowest BCUT2D eigenvalue weighted by atomic mass is 9.81. The van der Waals surface area contributed by atoms with Crippen LogP contribution in [0.25, 0.3) is 0 Å². The van der Waals surface area contributed by atoms with E-state index in [9.17, 15) is 4.39 Å². The molecule has 2 aromatic rings. The lowest BCUT2D eigenvalue weighted by molar-refractivity contribution is 0.139. The maximum atomic E-state index is 13.6. The van der Waals surface area contributed by atoms with E-state index in [1.54, 1.807) is 6.07 Å². The molecule has 25 heavy (non-hydrogen) atoms. The monoisotopic (exact) mass is 339 g/mol. The second-order valence-corrected chi connectivity index (χ2v) is 7.34. The van der Waals surface area contributed by atoms with Crippen molar-refractivity contribution < 1.29 is 4.39 Å². The van der Waals surface area contributed by atoms with Crippen LogP contribution in [0.15, 0.2) is 54.6 Å². The Morgan fingerprint density at radius 1 is 1.08 bits per heavy atom. The van der Waals surface area contributed by atoms with E-state index in [0.29, 0.717) is 17.9 Å². The molecule has 132 valence electrons. The quantitative estimate of drug-likeness (QED) is 0.895. The molecule has 2 aliphatic heterocycles. The highest BCUT2D eigenvalue weighted by Crippen LogP contribution is 2.32. The van der Waals surface area contributed by atoms with Crippen LogP contribution in [-0.4, -0.2) is 30.6 Å². The zero-order valence-electron chi connectivity index (χ0n) is 14.5. The van der Waals surface area contributed by atoms with E-state index < -0.39 is 0 Å². The maximum absolute atomic E-state index is 13.6. The first-order valence-corrected chi connectivity index (χ1v) is 9.30. The SMILES string of the molecule is Fc1cccc(C2CNNC2C2CCCN(Cc3ccccc3)C2)c1. The maximum Gasteiger partial charge on any atom is 0.123 e. The summed E-state index contributed by atoms with van der Waals surface area (Å²) >= 11 is 0. The number of rotatable bonds is 4. The smallest absolute Gasteiger partial charge is 0.123 e. The Bertz CT molecular complexity index is 691. The highest BCUT2D eigenvalue weighted by molar-refractivity contribution is 5.24. The van der Waals surface area contributed by atoms with E-state index in [0.717, 1.165) is 31.7 Å². The minimum absolute atomic E-state index is 0.141. The Morgan fingerprint density at radius 3 is 2.80 bits per heavy atom. The molecule has 0 amide bonds. The molecule has 0 radical (unpaired) electrons. The molecule has 4 heteroatoms. The average molecular weight is 339 g/mol. The molecule has 2 aliphatic rings. The highest BCUT2D eigenvalue weighted by Gasteiger charge is 2.36. The largest absolute Gasteiger partial charge is 0.299 e. The van der Waals surface area contributed by atoms with E-state index in [1.807, 2.05) is 6.07 Å². The van der Waals surface area contributed by atoms with Crippen LogP contribution in [0.2, 0.25) is 0 Å². The molecule has 0 bridgehead atoms. The van der Waals surface area contributed by atoms with E-state index in [2.05, 4.69) is 52.1 Å². The molecule has 0 spiro atoms. The van der Waals surface area contributed by atoms with E-state index in [1.165, 1.54) is 24.5 Å². The fourth-order valence-electron chi connectivity index (χ4n) is 4.39. The number of nitrogens with zero attached hydrogens (tertiary/aromatic N) is 1. The number of benzene rings is 2. The van der Waals surface area contributed by atoms with Crippen LogP contribution in [0.5, 0.6) is 0 Å². The minimum Gasteiger partial charge on any atom is -0.299 e. The number of hydrazine groups is 1. The molecule has 2 N–H and O–H groups in total. The molecular formula is C21H26FN3. The summed E-state index contributed by atoms with van der Waals surface area (Å²) < 4.78 is 13.6. The third-order valence-corrected chi connectivity index (χ3v) is 5.60. The van der Waals surface area contributed by atoms with Gasteiger partial charge >= 0.3 is 0 Å². The van der Waals surface area contributed by atoms with E-state index in [-0.39, 0.29) is 5.82 Å². The van der Waals surface area contributed by atoms with Gasteiger partial charge in [-0.1, -0.05) is 42.5 Å². The second kappa shape index (κ2) is 7.65. The third-order valence-electron chi connectivity index (χ3n) is 5.60. The number of hydrogen-bond acceptors (Lipinski definition) is 3. The van der Waals surface area contributed by atoms with Gasteiger partial charge in [0.1, 0.15) is 5.82 Å². The summed E-state index contributed by atoms with van der Waals surface area (Å²) in [6.45, 7) is 4.14. The summed E-state index contributed by atoms with van der Waals surface area (Å²) in [6.07, 6.45) is 2.46. The molecule has 0 saturated carbocycles. The summed E-state index contributed by atoms with van der Waals surface area (Å²) in [6, 6.07) is 18.2. The number of piperidine rings is 1. The van der Waals surface area contributed by atoms with Crippen molar-refractivity contribution in [2.24, 2.45) is 5.92 Å². The van der Waals surface area contributed by atoms with Gasteiger partial charge in [-0.15, -0.1) is 0 Å². The summed E-state index contributed by atoms with van der Waals surface area (Å²) in [5, 5.41) is 0. The average Bonchev–Trinajstić information content (AvgIpc) is 3.13. The van der Waals surface area contributed by atoms with Crippen molar-refractivity contribution in [1.82, 2.24) is 15.8 Å². The molecule has 3 unspecified atom stereocenters. The van der Waals surface area contributed by atoms with Crippen LogP contribution in [0.1, 0.15) is 29.9 Å². The van der Waals surface area contributed by atoms with Gasteiger partial charge in [0, 0.05) is 31.6 Å². The fourth-order valence-corrected chi connectivity index (χ4v) is 4.39. The first kappa shape index (κ1) is 16.7. The Kier molecular flexibility index (Phi) is 5.11. The molecule has 0 aromatic heterocycles. The normalized spacial score (nSPS) is 27.5. The van der Waals surface area contributed by atoms with Crippen LogP contribution >= 0.6 is 0 Å². The van der Waals surface area contributed by atoms with Crippen molar-refractivity contribution in [2.45, 2.75) is 31.3 Å². The second-order valence-electron chi connectivity index (χ2n) is 7.34. The predicted octanol–water partition coefficient (Wildman–Crippen LogP) is 3.30. The Morgan fingerprint density at radius 2 is 1.96 bits per heavy atom. The Hall–Kier alpha value is -1.75. The Balaban J connectivity index is 1.45. The van der Waals surface area contributed by atoms with Crippen LogP contribution in [-0.2, 0) is 6.54 Å². The van der Waals surface area contributed by atoms with Gasteiger partial charge < -0.3 is 0 Å². The molecule has 4 rings (SSSR count). The van der Waals surface area contributed by atoms with Gasteiger partial charge in [0.15, 0.2) is 0 Å². The molecule has 3 nitrogen and oxygen atoms in total. The standard InChI is InChI=1S/C21H26FN3/c22-19-10-4-8-17(12-19)20-13-23-24-21(20)18-9-5-11-25(15-18)14-16-6-2-1-3-7-16/h1-4,6-8,10,12,18,20-21,23-24H,5,9,11,13-15H2. The number of hydrogen-bond donors (Lipinski definition) is 2. The molecule has 3 atom stereocenters. The van der Waals surface area contributed by atoms with Gasteiger partial charge in [-0.3, -0.25) is 15.8 Å². The molecule has 0 aliphatic carbocycles. The first-order valence-electron chi connectivity index (χ1n) is 9.30. The number of halogens is 1. The predicted molar refractivity (Wildman–Crippen MR) is 98.5 cm³/mol. The molecular weight excluding hydrogens is 313 g/mol. The summed E-state index contributed by atoms with van der Waals surface area (Å²) in [5.41, 5.74) is 9.27. The third kappa shape index (κ3) is 3.92. The topological polar surface area (TPSA) is 27.3 Å². The fraction of sp³-hybridized carbons (Fsp3) is 0.429. The number of nitrogens with one attached hydrogen (secondary N) is 2. The van der Waals surface area contributed by atoms with Crippen LogP contribution < -0.4 is 10.9 Å². The van der Waals surface area contributed by atoms with Crippen LogP contribution in [0.3, 0.4) is 0 Å². The van der Waals surface area contributed by atoms with Gasteiger partial charge in [-0.2, -0.15) is 0 Å². The molecule has 2 aromatic carbocycles. The lowest BCUT2D eigenvalue weighted by Gasteiger charge is -2.37. The van der Waals surface area contributed by atoms with E-state index >= 15 is 0 Å². The zero-order chi connectivity index (χ0) is 17.1. The van der Waals surface area contributed by atoms with Gasteiger partial charge in [-0.25, -0.2) is 4.39 Å². The van der Waals surface area contributed by atoms with Gasteiger partial charge in [0.05, 0.1) is 0 Å². The van der Waals surface area contributed by atoms with Gasteiger partial charge in [0.2, 0.25) is 0 Å². The van der Waals surface area contributed by atoms with Gasteiger partial charge in [0.25, 0.3) is 0 Å².